The number of hydrogen-bond acceptors (Lipinski definition) is 3. The largest absolute Gasteiger partial charge is 0.435 e. The minimum absolute atomic E-state index is 0.103. The van der Waals surface area contributed by atoms with Crippen molar-refractivity contribution in [3.63, 3.8) is 0 Å². The Bertz CT molecular complexity index is 400. The van der Waals surface area contributed by atoms with Gasteiger partial charge in [0.15, 0.2) is 0 Å². The number of nitrogens with one attached hydrogen (secondary N) is 1. The van der Waals surface area contributed by atoms with Gasteiger partial charge in [-0.1, -0.05) is 12.1 Å². The highest BCUT2D eigenvalue weighted by Gasteiger charge is 2.26. The lowest BCUT2D eigenvalue weighted by molar-refractivity contribution is -0.0499. The minimum Gasteiger partial charge on any atom is -0.435 e. The Morgan fingerprint density at radius 1 is 1.44 bits per heavy atom. The van der Waals surface area contributed by atoms with Crippen LogP contribution in [-0.4, -0.2) is 25.2 Å². The maximum Gasteiger partial charge on any atom is 0.387 e. The Balaban J connectivity index is 2.16. The van der Waals surface area contributed by atoms with Crippen LogP contribution < -0.4 is 15.8 Å². The van der Waals surface area contributed by atoms with Gasteiger partial charge in [0.2, 0.25) is 0 Å². The number of nitrogens with two attached hydrogens (primary N) is 1. The summed E-state index contributed by atoms with van der Waals surface area (Å²) in [5, 5.41) is 3.33. The molecule has 3 atom stereocenters. The topological polar surface area (TPSA) is 47.3 Å². The van der Waals surface area contributed by atoms with E-state index in [1.807, 2.05) is 6.07 Å². The van der Waals surface area contributed by atoms with Crippen molar-refractivity contribution in [1.29, 1.82) is 0 Å². The number of hydrogen-bond donors (Lipinski definition) is 2. The summed E-state index contributed by atoms with van der Waals surface area (Å²) in [5.41, 5.74) is 6.92. The molecule has 18 heavy (non-hydrogen) atoms. The summed E-state index contributed by atoms with van der Waals surface area (Å²) in [6.07, 6.45) is 0.853. The van der Waals surface area contributed by atoms with Gasteiger partial charge < -0.3 is 15.8 Å². The predicted octanol–water partition coefficient (Wildman–Crippen LogP) is 2.08. The molecule has 1 aromatic carbocycles. The summed E-state index contributed by atoms with van der Waals surface area (Å²) in [4.78, 5) is 0. The fraction of sp³-hybridized carbons (Fsp3) is 0.538. The average Bonchev–Trinajstić information content (AvgIpc) is 2.32. The molecule has 3 nitrogen and oxygen atoms in total. The molecule has 5 heteroatoms. The summed E-state index contributed by atoms with van der Waals surface area (Å²) >= 11 is 0. The molecule has 0 saturated carbocycles. The second-order valence-corrected chi connectivity index (χ2v) is 4.75. The Morgan fingerprint density at radius 3 is 2.94 bits per heavy atom. The number of benzene rings is 1. The second kappa shape index (κ2) is 5.63. The van der Waals surface area contributed by atoms with E-state index < -0.39 is 6.61 Å². The first-order valence-corrected chi connectivity index (χ1v) is 6.10. The summed E-state index contributed by atoms with van der Waals surface area (Å²) in [6.45, 7) is 0.0895. The average molecular weight is 256 g/mol. The number of rotatable bonds is 3. The monoisotopic (exact) mass is 256 g/mol. The maximum atomic E-state index is 12.2. The van der Waals surface area contributed by atoms with E-state index in [9.17, 15) is 8.78 Å². The predicted molar refractivity (Wildman–Crippen MR) is 65.9 cm³/mol. The second-order valence-electron chi connectivity index (χ2n) is 4.75. The van der Waals surface area contributed by atoms with E-state index >= 15 is 0 Å². The zero-order valence-electron chi connectivity index (χ0n) is 10.3. The molecule has 1 heterocycles. The summed E-state index contributed by atoms with van der Waals surface area (Å²) in [5.74, 6) is 0.434. The molecule has 1 aliphatic rings. The molecule has 0 bridgehead atoms. The molecule has 3 unspecified atom stereocenters. The van der Waals surface area contributed by atoms with Gasteiger partial charge in [0, 0.05) is 24.5 Å². The molecule has 0 aromatic heterocycles. The fourth-order valence-electron chi connectivity index (χ4n) is 2.44. The lowest BCUT2D eigenvalue weighted by Crippen LogP contribution is -2.48. The van der Waals surface area contributed by atoms with Crippen LogP contribution in [0.2, 0.25) is 0 Å². The molecular weight excluding hydrogens is 238 g/mol. The van der Waals surface area contributed by atoms with Gasteiger partial charge in [-0.3, -0.25) is 0 Å². The van der Waals surface area contributed by atoms with Gasteiger partial charge in [-0.05, 0) is 31.0 Å². The minimum atomic E-state index is -2.79. The zero-order chi connectivity index (χ0) is 13.1. The third-order valence-corrected chi connectivity index (χ3v) is 3.37. The quantitative estimate of drug-likeness (QED) is 0.870. The van der Waals surface area contributed by atoms with Crippen molar-refractivity contribution >= 4 is 0 Å². The van der Waals surface area contributed by atoms with Crippen molar-refractivity contribution in [3.05, 3.63) is 29.8 Å². The van der Waals surface area contributed by atoms with Crippen LogP contribution in [-0.2, 0) is 0 Å². The number of halogens is 2. The molecule has 0 aliphatic carbocycles. The molecule has 100 valence electrons. The van der Waals surface area contributed by atoms with E-state index in [1.165, 1.54) is 6.07 Å². The highest BCUT2D eigenvalue weighted by molar-refractivity contribution is 5.32. The first kappa shape index (κ1) is 13.2. The van der Waals surface area contributed by atoms with E-state index in [1.54, 1.807) is 12.1 Å². The zero-order valence-corrected chi connectivity index (χ0v) is 10.3. The number of ether oxygens (including phenoxy) is 1. The van der Waals surface area contributed by atoms with Gasteiger partial charge in [-0.15, -0.1) is 0 Å². The van der Waals surface area contributed by atoms with Crippen molar-refractivity contribution in [1.82, 2.24) is 5.32 Å². The van der Waals surface area contributed by atoms with Crippen molar-refractivity contribution in [2.45, 2.75) is 38.0 Å². The van der Waals surface area contributed by atoms with Crippen molar-refractivity contribution in [3.8, 4) is 5.75 Å². The summed E-state index contributed by atoms with van der Waals surface area (Å²) < 4.78 is 28.8. The van der Waals surface area contributed by atoms with Crippen molar-refractivity contribution < 1.29 is 13.5 Å². The van der Waals surface area contributed by atoms with E-state index in [4.69, 9.17) is 5.73 Å². The molecular formula is C13H18F2N2O. The van der Waals surface area contributed by atoms with Gasteiger partial charge in [0.25, 0.3) is 0 Å². The molecule has 2 rings (SSSR count). The molecule has 1 fully saturated rings. The van der Waals surface area contributed by atoms with Gasteiger partial charge >= 0.3 is 6.61 Å². The molecule has 1 saturated heterocycles. The highest BCUT2D eigenvalue weighted by Crippen LogP contribution is 2.30. The Labute approximate surface area is 105 Å². The lowest BCUT2D eigenvalue weighted by atomic mass is 9.84. The Kier molecular flexibility index (Phi) is 4.14. The van der Waals surface area contributed by atoms with E-state index in [0.717, 1.165) is 18.5 Å². The van der Waals surface area contributed by atoms with Gasteiger partial charge in [0.05, 0.1) is 0 Å². The first-order valence-electron chi connectivity index (χ1n) is 6.10. The van der Waals surface area contributed by atoms with Crippen LogP contribution >= 0.6 is 0 Å². The number of alkyl halides is 2. The van der Waals surface area contributed by atoms with Gasteiger partial charge in [0.1, 0.15) is 5.75 Å². The lowest BCUT2D eigenvalue weighted by Gasteiger charge is -2.34. The molecule has 1 aliphatic heterocycles. The van der Waals surface area contributed by atoms with Crippen LogP contribution in [0.3, 0.4) is 0 Å². The molecule has 0 spiro atoms. The Hall–Kier alpha value is -1.20. The molecule has 0 amide bonds. The van der Waals surface area contributed by atoms with Crippen molar-refractivity contribution in [2.24, 2.45) is 5.73 Å². The van der Waals surface area contributed by atoms with Gasteiger partial charge in [-0.2, -0.15) is 8.78 Å². The van der Waals surface area contributed by atoms with Crippen LogP contribution in [0.1, 0.15) is 24.8 Å². The Morgan fingerprint density at radius 2 is 2.22 bits per heavy atom. The SMILES string of the molecule is CC1NCC(N)CC1c1cccc(OC(F)F)c1. The van der Waals surface area contributed by atoms with E-state index in [2.05, 4.69) is 17.0 Å². The standard InChI is InChI=1S/C13H18F2N2O/c1-8-12(6-10(16)7-17-8)9-3-2-4-11(5-9)18-13(14)15/h2-5,8,10,12-13,17H,6-7,16H2,1H3. The summed E-state index contributed by atoms with van der Waals surface area (Å²) in [7, 11) is 0. The van der Waals surface area contributed by atoms with Crippen LogP contribution in [0.5, 0.6) is 5.75 Å². The third-order valence-electron chi connectivity index (χ3n) is 3.37. The number of piperidine rings is 1. The summed E-state index contributed by atoms with van der Waals surface area (Å²) in [6, 6.07) is 7.26. The molecule has 3 N–H and O–H groups in total. The fourth-order valence-corrected chi connectivity index (χ4v) is 2.44. The van der Waals surface area contributed by atoms with E-state index in [-0.39, 0.29) is 23.8 Å². The first-order chi connectivity index (χ1) is 8.56. The molecule has 1 aromatic rings. The van der Waals surface area contributed by atoms with Crippen LogP contribution in [0.4, 0.5) is 8.78 Å². The van der Waals surface area contributed by atoms with Gasteiger partial charge in [-0.25, -0.2) is 0 Å². The smallest absolute Gasteiger partial charge is 0.387 e. The van der Waals surface area contributed by atoms with Crippen LogP contribution in [0, 0.1) is 0 Å². The highest BCUT2D eigenvalue weighted by atomic mass is 19.3. The van der Waals surface area contributed by atoms with Crippen LogP contribution in [0.25, 0.3) is 0 Å². The van der Waals surface area contributed by atoms with E-state index in [0.29, 0.717) is 0 Å². The third kappa shape index (κ3) is 3.17. The molecule has 0 radical (unpaired) electrons. The van der Waals surface area contributed by atoms with Crippen LogP contribution in [0.15, 0.2) is 24.3 Å². The van der Waals surface area contributed by atoms with Crippen molar-refractivity contribution in [2.75, 3.05) is 6.54 Å². The maximum absolute atomic E-state index is 12.2. The normalized spacial score (nSPS) is 28.4.